The van der Waals surface area contributed by atoms with Gasteiger partial charge >= 0.3 is 0 Å². The monoisotopic (exact) mass is 297 g/mol. The molecule has 1 N–H and O–H groups in total. The van der Waals surface area contributed by atoms with Crippen molar-refractivity contribution in [1.82, 2.24) is 4.90 Å². The minimum Gasteiger partial charge on any atom is -0.493 e. The van der Waals surface area contributed by atoms with Crippen LogP contribution in [0.25, 0.3) is 0 Å². The summed E-state index contributed by atoms with van der Waals surface area (Å²) >= 11 is 3.55. The van der Waals surface area contributed by atoms with E-state index in [9.17, 15) is 5.11 Å². The van der Waals surface area contributed by atoms with Gasteiger partial charge in [0.15, 0.2) is 0 Å². The molecular formula is C13H16BrNO2. The summed E-state index contributed by atoms with van der Waals surface area (Å²) in [5, 5.41) is 9.54. The summed E-state index contributed by atoms with van der Waals surface area (Å²) in [5.74, 6) is 1.06. The summed E-state index contributed by atoms with van der Waals surface area (Å²) in [6.07, 6.45) is 1.73. The fourth-order valence-corrected chi connectivity index (χ4v) is 3.21. The van der Waals surface area contributed by atoms with E-state index in [4.69, 9.17) is 4.74 Å². The topological polar surface area (TPSA) is 32.7 Å². The molecule has 0 aliphatic carbocycles. The van der Waals surface area contributed by atoms with E-state index in [-0.39, 0.29) is 6.10 Å². The standard InChI is InChI=1S/C13H16BrNO2/c14-11-5-9-2-4-17-13(9)10(6-11)7-15-3-1-12(16)8-15/h5-6,12,16H,1-4,7-8H2/t12-/m1/s1. The van der Waals surface area contributed by atoms with Crippen LogP contribution in [-0.2, 0) is 13.0 Å². The number of aliphatic hydroxyl groups excluding tert-OH is 1. The summed E-state index contributed by atoms with van der Waals surface area (Å²) < 4.78 is 6.83. The molecule has 2 aliphatic heterocycles. The number of fused-ring (bicyclic) bond motifs is 1. The Hall–Kier alpha value is -0.580. The van der Waals surface area contributed by atoms with Crippen LogP contribution in [0.4, 0.5) is 0 Å². The molecule has 0 radical (unpaired) electrons. The Bertz CT molecular complexity index is 436. The van der Waals surface area contributed by atoms with E-state index in [1.54, 1.807) is 0 Å². The predicted octanol–water partition coefficient (Wildman–Crippen LogP) is 1.95. The Kier molecular flexibility index (Phi) is 3.11. The number of likely N-dealkylation sites (tertiary alicyclic amines) is 1. The summed E-state index contributed by atoms with van der Waals surface area (Å²) in [5.41, 5.74) is 2.54. The van der Waals surface area contributed by atoms with Gasteiger partial charge in [0.2, 0.25) is 0 Å². The average Bonchev–Trinajstić information content (AvgIpc) is 2.87. The van der Waals surface area contributed by atoms with E-state index >= 15 is 0 Å². The average molecular weight is 298 g/mol. The van der Waals surface area contributed by atoms with E-state index in [0.29, 0.717) is 0 Å². The second-order valence-corrected chi connectivity index (χ2v) is 5.74. The van der Waals surface area contributed by atoms with Crippen molar-refractivity contribution >= 4 is 15.9 Å². The van der Waals surface area contributed by atoms with Crippen molar-refractivity contribution in [2.24, 2.45) is 0 Å². The maximum Gasteiger partial charge on any atom is 0.127 e. The van der Waals surface area contributed by atoms with Crippen LogP contribution in [-0.4, -0.2) is 35.8 Å². The lowest BCUT2D eigenvalue weighted by Crippen LogP contribution is -2.21. The summed E-state index contributed by atoms with van der Waals surface area (Å²) in [4.78, 5) is 2.29. The highest BCUT2D eigenvalue weighted by Gasteiger charge is 2.23. The van der Waals surface area contributed by atoms with Crippen molar-refractivity contribution in [1.29, 1.82) is 0 Å². The Morgan fingerprint density at radius 1 is 1.47 bits per heavy atom. The smallest absolute Gasteiger partial charge is 0.127 e. The van der Waals surface area contributed by atoms with E-state index < -0.39 is 0 Å². The van der Waals surface area contributed by atoms with Gasteiger partial charge in [0.25, 0.3) is 0 Å². The van der Waals surface area contributed by atoms with Crippen molar-refractivity contribution in [2.45, 2.75) is 25.5 Å². The van der Waals surface area contributed by atoms with Crippen LogP contribution in [0.5, 0.6) is 5.75 Å². The molecule has 0 amide bonds. The SMILES string of the molecule is O[C@@H]1CCN(Cc2cc(Br)cc3c2OCC3)C1. The van der Waals surface area contributed by atoms with Gasteiger partial charge in [-0.3, -0.25) is 4.90 Å². The molecule has 0 unspecified atom stereocenters. The maximum absolute atomic E-state index is 9.54. The van der Waals surface area contributed by atoms with Crippen LogP contribution in [0, 0.1) is 0 Å². The maximum atomic E-state index is 9.54. The Morgan fingerprint density at radius 2 is 2.35 bits per heavy atom. The van der Waals surface area contributed by atoms with Crippen molar-refractivity contribution in [3.8, 4) is 5.75 Å². The molecule has 1 fully saturated rings. The third kappa shape index (κ3) is 2.34. The Morgan fingerprint density at radius 3 is 3.12 bits per heavy atom. The molecule has 4 heteroatoms. The molecule has 3 nitrogen and oxygen atoms in total. The quantitative estimate of drug-likeness (QED) is 0.906. The Labute approximate surface area is 110 Å². The highest BCUT2D eigenvalue weighted by atomic mass is 79.9. The number of aliphatic hydroxyl groups is 1. The fraction of sp³-hybridized carbons (Fsp3) is 0.538. The number of hydrogen-bond donors (Lipinski definition) is 1. The van der Waals surface area contributed by atoms with Crippen molar-refractivity contribution < 1.29 is 9.84 Å². The molecule has 0 spiro atoms. The van der Waals surface area contributed by atoms with E-state index in [0.717, 1.165) is 49.3 Å². The zero-order chi connectivity index (χ0) is 11.8. The minimum absolute atomic E-state index is 0.156. The number of rotatable bonds is 2. The normalized spacial score (nSPS) is 23.8. The van der Waals surface area contributed by atoms with Gasteiger partial charge in [0, 0.05) is 36.1 Å². The lowest BCUT2D eigenvalue weighted by atomic mass is 10.1. The lowest BCUT2D eigenvalue weighted by Gasteiger charge is -2.17. The van der Waals surface area contributed by atoms with Crippen molar-refractivity contribution in [2.75, 3.05) is 19.7 Å². The minimum atomic E-state index is -0.156. The molecular weight excluding hydrogens is 282 g/mol. The molecule has 2 aliphatic rings. The van der Waals surface area contributed by atoms with Gasteiger partial charge in [-0.25, -0.2) is 0 Å². The third-order valence-electron chi connectivity index (χ3n) is 3.47. The van der Waals surface area contributed by atoms with Crippen LogP contribution < -0.4 is 4.74 Å². The van der Waals surface area contributed by atoms with Crippen LogP contribution in [0.15, 0.2) is 16.6 Å². The van der Waals surface area contributed by atoms with Gasteiger partial charge in [0.05, 0.1) is 12.7 Å². The molecule has 0 saturated carbocycles. The molecule has 0 bridgehead atoms. The molecule has 1 aromatic rings. The molecule has 0 aromatic heterocycles. The second-order valence-electron chi connectivity index (χ2n) is 4.83. The molecule has 3 rings (SSSR count). The predicted molar refractivity (Wildman–Crippen MR) is 69.2 cm³/mol. The van der Waals surface area contributed by atoms with Gasteiger partial charge in [-0.05, 0) is 24.1 Å². The first-order chi connectivity index (χ1) is 8.22. The van der Waals surface area contributed by atoms with E-state index in [2.05, 4.69) is 33.0 Å². The lowest BCUT2D eigenvalue weighted by molar-refractivity contribution is 0.174. The number of benzene rings is 1. The van der Waals surface area contributed by atoms with Gasteiger partial charge in [0.1, 0.15) is 5.75 Å². The number of hydrogen-bond acceptors (Lipinski definition) is 3. The van der Waals surface area contributed by atoms with Crippen molar-refractivity contribution in [3.05, 3.63) is 27.7 Å². The molecule has 92 valence electrons. The number of nitrogens with zero attached hydrogens (tertiary/aromatic N) is 1. The first kappa shape index (κ1) is 11.5. The van der Waals surface area contributed by atoms with E-state index in [1.165, 1.54) is 11.1 Å². The van der Waals surface area contributed by atoms with Crippen LogP contribution >= 0.6 is 15.9 Å². The van der Waals surface area contributed by atoms with Crippen LogP contribution in [0.1, 0.15) is 17.5 Å². The van der Waals surface area contributed by atoms with Gasteiger partial charge in [-0.1, -0.05) is 15.9 Å². The van der Waals surface area contributed by atoms with Crippen molar-refractivity contribution in [3.63, 3.8) is 0 Å². The van der Waals surface area contributed by atoms with Crippen LogP contribution in [0.2, 0.25) is 0 Å². The zero-order valence-corrected chi connectivity index (χ0v) is 11.2. The highest BCUT2D eigenvalue weighted by molar-refractivity contribution is 9.10. The fourth-order valence-electron chi connectivity index (χ4n) is 2.66. The highest BCUT2D eigenvalue weighted by Crippen LogP contribution is 2.34. The summed E-state index contributed by atoms with van der Waals surface area (Å²) in [7, 11) is 0. The zero-order valence-electron chi connectivity index (χ0n) is 9.66. The first-order valence-electron chi connectivity index (χ1n) is 6.07. The molecule has 2 heterocycles. The van der Waals surface area contributed by atoms with Crippen LogP contribution in [0.3, 0.4) is 0 Å². The Balaban J connectivity index is 1.83. The van der Waals surface area contributed by atoms with Gasteiger partial charge in [-0.2, -0.15) is 0 Å². The largest absolute Gasteiger partial charge is 0.493 e. The third-order valence-corrected chi connectivity index (χ3v) is 3.92. The molecule has 1 atom stereocenters. The van der Waals surface area contributed by atoms with E-state index in [1.807, 2.05) is 0 Å². The molecule has 1 saturated heterocycles. The molecule has 1 aromatic carbocycles. The number of β-amino-alcohol motifs (C(OH)–C–C–N with tert-alkyl or cyclic N) is 1. The summed E-state index contributed by atoms with van der Waals surface area (Å²) in [6, 6.07) is 4.28. The number of halogens is 1. The summed E-state index contributed by atoms with van der Waals surface area (Å²) in [6.45, 7) is 3.42. The number of ether oxygens (including phenoxy) is 1. The van der Waals surface area contributed by atoms with Gasteiger partial charge < -0.3 is 9.84 Å². The van der Waals surface area contributed by atoms with Gasteiger partial charge in [-0.15, -0.1) is 0 Å². The second kappa shape index (κ2) is 4.59. The molecule has 17 heavy (non-hydrogen) atoms. The first-order valence-corrected chi connectivity index (χ1v) is 6.86.